The molecule has 26 heavy (non-hydrogen) atoms. The molecule has 3 aromatic rings. The first-order valence-corrected chi connectivity index (χ1v) is 7.97. The second kappa shape index (κ2) is 6.67. The maximum Gasteiger partial charge on any atom is 0.352 e. The summed E-state index contributed by atoms with van der Waals surface area (Å²) in [5, 5.41) is 23.3. The van der Waals surface area contributed by atoms with Crippen molar-refractivity contribution >= 4 is 11.9 Å². The van der Waals surface area contributed by atoms with Gasteiger partial charge in [0.2, 0.25) is 5.95 Å². The maximum atomic E-state index is 11.3. The van der Waals surface area contributed by atoms with Gasteiger partial charge in [0.05, 0.1) is 0 Å². The lowest BCUT2D eigenvalue weighted by Gasteiger charge is -2.21. The van der Waals surface area contributed by atoms with Crippen LogP contribution in [-0.4, -0.2) is 31.3 Å². The van der Waals surface area contributed by atoms with Crippen molar-refractivity contribution in [3.8, 4) is 5.75 Å². The normalized spacial score (nSPS) is 15.5. The smallest absolute Gasteiger partial charge is 0.352 e. The number of tetrazole rings is 1. The van der Waals surface area contributed by atoms with Crippen LogP contribution in [0.1, 0.15) is 17.2 Å². The third kappa shape index (κ3) is 3.12. The number of nitrogens with zero attached hydrogens (tertiary/aromatic N) is 4. The molecule has 1 aromatic heterocycles. The Balaban J connectivity index is 1.54. The van der Waals surface area contributed by atoms with Crippen LogP contribution in [0.25, 0.3) is 0 Å². The van der Waals surface area contributed by atoms with Crippen molar-refractivity contribution in [3.05, 3.63) is 77.5 Å². The lowest BCUT2D eigenvalue weighted by atomic mass is 10.0. The summed E-state index contributed by atoms with van der Waals surface area (Å²) in [6.45, 7) is 0.480. The first kappa shape index (κ1) is 15.8. The molecule has 0 saturated carbocycles. The first-order chi connectivity index (χ1) is 12.7. The highest BCUT2D eigenvalue weighted by Gasteiger charge is 2.26. The Labute approximate surface area is 148 Å². The van der Waals surface area contributed by atoms with Crippen LogP contribution in [0.3, 0.4) is 0 Å². The van der Waals surface area contributed by atoms with E-state index >= 15 is 0 Å². The summed E-state index contributed by atoms with van der Waals surface area (Å²) >= 11 is 0. The molecule has 0 unspecified atom stereocenters. The fourth-order valence-corrected chi connectivity index (χ4v) is 2.72. The Bertz CT molecular complexity index is 950. The highest BCUT2D eigenvalue weighted by Crippen LogP contribution is 2.29. The van der Waals surface area contributed by atoms with Gasteiger partial charge in [-0.15, -0.1) is 0 Å². The monoisotopic (exact) mass is 349 g/mol. The van der Waals surface area contributed by atoms with Crippen LogP contribution in [0, 0.1) is 0 Å². The number of carboxylic acids is 1. The van der Waals surface area contributed by atoms with Gasteiger partial charge in [0, 0.05) is 0 Å². The lowest BCUT2D eigenvalue weighted by Crippen LogP contribution is -2.24. The van der Waals surface area contributed by atoms with Gasteiger partial charge in [0.15, 0.2) is 0 Å². The molecular formula is C18H15N5O3. The largest absolute Gasteiger partial charge is 0.489 e. The summed E-state index contributed by atoms with van der Waals surface area (Å²) < 4.78 is 7.31. The van der Waals surface area contributed by atoms with Gasteiger partial charge < -0.3 is 15.2 Å². The van der Waals surface area contributed by atoms with Gasteiger partial charge in [-0.3, -0.25) is 0 Å². The van der Waals surface area contributed by atoms with Crippen LogP contribution in [0.15, 0.2) is 66.4 Å². The molecule has 0 saturated heterocycles. The van der Waals surface area contributed by atoms with Crippen LogP contribution < -0.4 is 10.1 Å². The third-order valence-corrected chi connectivity index (χ3v) is 4.03. The highest BCUT2D eigenvalue weighted by atomic mass is 16.5. The summed E-state index contributed by atoms with van der Waals surface area (Å²) in [6.07, 6.45) is 1.57. The molecule has 1 aliphatic rings. The summed E-state index contributed by atoms with van der Waals surface area (Å²) in [5.74, 6) is -0.0442. The highest BCUT2D eigenvalue weighted by molar-refractivity contribution is 5.90. The van der Waals surface area contributed by atoms with E-state index in [-0.39, 0.29) is 5.70 Å². The molecule has 2 aromatic carbocycles. The van der Waals surface area contributed by atoms with Crippen molar-refractivity contribution < 1.29 is 14.6 Å². The van der Waals surface area contributed by atoms with E-state index in [0.717, 1.165) is 16.9 Å². The average molecular weight is 349 g/mol. The second-order valence-electron chi connectivity index (χ2n) is 5.75. The molecule has 0 bridgehead atoms. The second-order valence-corrected chi connectivity index (χ2v) is 5.75. The topological polar surface area (TPSA) is 102 Å². The fraction of sp³-hybridized carbons (Fsp3) is 0.111. The number of hydrogen-bond donors (Lipinski definition) is 2. The summed E-state index contributed by atoms with van der Waals surface area (Å²) in [4.78, 5) is 11.3. The number of rotatable bonds is 5. The number of hydrogen-bond acceptors (Lipinski definition) is 6. The van der Waals surface area contributed by atoms with Crippen LogP contribution >= 0.6 is 0 Å². The van der Waals surface area contributed by atoms with Crippen LogP contribution in [0.5, 0.6) is 5.75 Å². The molecule has 0 aliphatic carbocycles. The fourth-order valence-electron chi connectivity index (χ4n) is 2.72. The molecule has 0 fully saturated rings. The van der Waals surface area contributed by atoms with E-state index in [9.17, 15) is 9.90 Å². The molecule has 130 valence electrons. The molecule has 1 aliphatic heterocycles. The standard InChI is InChI=1S/C18H15N5O3/c24-17(25)15-10-16(23-18(19-15)20-21-22-23)13-6-8-14(9-7-13)26-11-12-4-2-1-3-5-12/h1-10,16H,11H2,(H,24,25)(H,19,20,22)/t16-/m0/s1. The van der Waals surface area contributed by atoms with Crippen molar-refractivity contribution in [2.24, 2.45) is 0 Å². The third-order valence-electron chi connectivity index (χ3n) is 4.03. The number of allylic oxidation sites excluding steroid dienone is 1. The Morgan fingerprint density at radius 1 is 1.15 bits per heavy atom. The van der Waals surface area contributed by atoms with Gasteiger partial charge >= 0.3 is 5.97 Å². The van der Waals surface area contributed by atoms with E-state index in [1.54, 1.807) is 6.08 Å². The Hall–Kier alpha value is -3.68. The number of carboxylic acid groups (broad SMARTS) is 1. The van der Waals surface area contributed by atoms with Gasteiger partial charge in [-0.2, -0.15) is 4.68 Å². The number of aliphatic carboxylic acids is 1. The van der Waals surface area contributed by atoms with E-state index < -0.39 is 12.0 Å². The van der Waals surface area contributed by atoms with E-state index in [1.807, 2.05) is 54.6 Å². The minimum atomic E-state index is -1.06. The zero-order valence-corrected chi connectivity index (χ0v) is 13.6. The van der Waals surface area contributed by atoms with Crippen molar-refractivity contribution in [3.63, 3.8) is 0 Å². The minimum absolute atomic E-state index is 0.0432. The Kier molecular flexibility index (Phi) is 4.06. The molecule has 8 heteroatoms. The van der Waals surface area contributed by atoms with Crippen molar-refractivity contribution in [2.75, 3.05) is 5.32 Å². The number of benzene rings is 2. The van der Waals surface area contributed by atoms with Gasteiger partial charge in [-0.25, -0.2) is 4.79 Å². The van der Waals surface area contributed by atoms with Crippen molar-refractivity contribution in [2.45, 2.75) is 12.6 Å². The van der Waals surface area contributed by atoms with Gasteiger partial charge in [-0.05, 0) is 39.8 Å². The SMILES string of the molecule is O=C(O)C1=C[C@@H](c2ccc(OCc3ccccc3)cc2)n2nnnc2N1. The lowest BCUT2D eigenvalue weighted by molar-refractivity contribution is -0.132. The molecule has 0 amide bonds. The van der Waals surface area contributed by atoms with Crippen LogP contribution in [-0.2, 0) is 11.4 Å². The molecule has 0 spiro atoms. The Morgan fingerprint density at radius 2 is 1.92 bits per heavy atom. The van der Waals surface area contributed by atoms with Gasteiger partial charge in [0.25, 0.3) is 0 Å². The van der Waals surface area contributed by atoms with E-state index in [1.165, 1.54) is 4.68 Å². The molecule has 4 rings (SSSR count). The molecule has 2 heterocycles. The molecule has 8 nitrogen and oxygen atoms in total. The molecule has 2 N–H and O–H groups in total. The first-order valence-electron chi connectivity index (χ1n) is 7.97. The number of carbonyl (C=O) groups is 1. The summed E-state index contributed by atoms with van der Waals surface area (Å²) in [7, 11) is 0. The number of anilines is 1. The van der Waals surface area contributed by atoms with Crippen molar-refractivity contribution in [1.29, 1.82) is 0 Å². The summed E-state index contributed by atoms with van der Waals surface area (Å²) in [5.41, 5.74) is 1.98. The van der Waals surface area contributed by atoms with Gasteiger partial charge in [0.1, 0.15) is 24.1 Å². The zero-order chi connectivity index (χ0) is 17.9. The number of aromatic nitrogens is 4. The molecule has 0 radical (unpaired) electrons. The van der Waals surface area contributed by atoms with E-state index in [4.69, 9.17) is 4.74 Å². The Morgan fingerprint density at radius 3 is 2.65 bits per heavy atom. The van der Waals surface area contributed by atoms with Crippen molar-refractivity contribution in [1.82, 2.24) is 20.2 Å². The van der Waals surface area contributed by atoms with Gasteiger partial charge in [-0.1, -0.05) is 47.6 Å². The van der Waals surface area contributed by atoms with E-state index in [2.05, 4.69) is 20.8 Å². The zero-order valence-electron chi connectivity index (χ0n) is 13.6. The average Bonchev–Trinajstić information content (AvgIpc) is 3.15. The predicted octanol–water partition coefficient (Wildman–Crippen LogP) is 2.24. The van der Waals surface area contributed by atoms with E-state index in [0.29, 0.717) is 12.6 Å². The molecular weight excluding hydrogens is 334 g/mol. The molecule has 1 atom stereocenters. The maximum absolute atomic E-state index is 11.3. The van der Waals surface area contributed by atoms with Crippen LogP contribution in [0.4, 0.5) is 5.95 Å². The number of fused-ring (bicyclic) bond motifs is 1. The van der Waals surface area contributed by atoms with Crippen LogP contribution in [0.2, 0.25) is 0 Å². The number of nitrogens with one attached hydrogen (secondary N) is 1. The minimum Gasteiger partial charge on any atom is -0.489 e. The predicted molar refractivity (Wildman–Crippen MR) is 92.5 cm³/mol. The number of ether oxygens (including phenoxy) is 1. The summed E-state index contributed by atoms with van der Waals surface area (Å²) in [6, 6.07) is 16.9. The quantitative estimate of drug-likeness (QED) is 0.728.